The summed E-state index contributed by atoms with van der Waals surface area (Å²) in [5, 5.41) is 11.1. The Morgan fingerprint density at radius 1 is 1.23 bits per heavy atom. The number of benzene rings is 1. The molecule has 0 spiro atoms. The molecule has 164 valence electrons. The third-order valence-electron chi connectivity index (χ3n) is 5.14. The number of hydrogen-bond donors (Lipinski definition) is 2. The van der Waals surface area contributed by atoms with Gasteiger partial charge in [0.1, 0.15) is 5.82 Å². The topological polar surface area (TPSA) is 88.4 Å². The first-order valence-corrected chi connectivity index (χ1v) is 12.4. The number of hydrogen-bond acceptors (Lipinski definition) is 4. The maximum atomic E-state index is 13.7. The molecule has 0 atom stereocenters. The fraction of sp³-hybridized carbons (Fsp3) is 0.524. The molecule has 0 bridgehead atoms. The summed E-state index contributed by atoms with van der Waals surface area (Å²) in [4.78, 5) is 4.51. The lowest BCUT2D eigenvalue weighted by molar-refractivity contribution is 0.462. The Morgan fingerprint density at radius 2 is 2.00 bits per heavy atom. The summed E-state index contributed by atoms with van der Waals surface area (Å²) >= 11 is 0. The Bertz CT molecular complexity index is 981. The van der Waals surface area contributed by atoms with Crippen LogP contribution in [0.2, 0.25) is 0 Å². The number of guanidine groups is 1. The van der Waals surface area contributed by atoms with Gasteiger partial charge in [0.25, 0.3) is 0 Å². The highest BCUT2D eigenvalue weighted by Crippen LogP contribution is 2.28. The summed E-state index contributed by atoms with van der Waals surface area (Å²) in [6, 6.07) is 6.64. The molecule has 0 aliphatic heterocycles. The van der Waals surface area contributed by atoms with Gasteiger partial charge in [0.2, 0.25) is 0 Å². The lowest BCUT2D eigenvalue weighted by Gasteiger charge is -2.12. The van der Waals surface area contributed by atoms with Gasteiger partial charge in [-0.2, -0.15) is 5.10 Å². The zero-order valence-electron chi connectivity index (χ0n) is 17.6. The van der Waals surface area contributed by atoms with Gasteiger partial charge in [-0.25, -0.2) is 17.8 Å². The van der Waals surface area contributed by atoms with Gasteiger partial charge < -0.3 is 10.6 Å². The third kappa shape index (κ3) is 6.55. The van der Waals surface area contributed by atoms with Crippen LogP contribution >= 0.6 is 0 Å². The molecule has 0 unspecified atom stereocenters. The second kappa shape index (κ2) is 10.1. The van der Waals surface area contributed by atoms with E-state index < -0.39 is 15.7 Å². The van der Waals surface area contributed by atoms with Crippen molar-refractivity contribution >= 4 is 15.8 Å². The van der Waals surface area contributed by atoms with Crippen molar-refractivity contribution in [2.75, 3.05) is 12.8 Å². The zero-order chi connectivity index (χ0) is 21.6. The van der Waals surface area contributed by atoms with E-state index in [9.17, 15) is 12.8 Å². The molecule has 0 saturated heterocycles. The maximum absolute atomic E-state index is 13.7. The molecule has 0 amide bonds. The number of nitrogens with one attached hydrogen (secondary N) is 2. The molecular formula is C21H30FN5O2S. The summed E-state index contributed by atoms with van der Waals surface area (Å²) < 4.78 is 39.1. The lowest BCUT2D eigenvalue weighted by Crippen LogP contribution is -2.37. The van der Waals surface area contributed by atoms with Gasteiger partial charge in [-0.15, -0.1) is 0 Å². The third-order valence-corrected chi connectivity index (χ3v) is 5.97. The summed E-state index contributed by atoms with van der Waals surface area (Å²) in [7, 11) is -3.23. The molecule has 1 saturated carbocycles. The van der Waals surface area contributed by atoms with Crippen LogP contribution in [-0.4, -0.2) is 37.0 Å². The standard InChI is InChI=1S/C21H30FN5O2S/c1-3-23-21(25-14-19-10-11-27(26-19)20-6-4-5-7-20)24-13-17-12-18(22)9-8-16(17)15-30(2,28)29/h8-12,20H,3-7,13-15H2,1-2H3,(H2,23,24,25). The number of nitrogens with zero attached hydrogens (tertiary/aromatic N) is 3. The minimum Gasteiger partial charge on any atom is -0.357 e. The summed E-state index contributed by atoms with van der Waals surface area (Å²) in [5.41, 5.74) is 2.05. The average molecular weight is 436 g/mol. The summed E-state index contributed by atoms with van der Waals surface area (Å²) in [6.07, 6.45) is 8.08. The number of aromatic nitrogens is 2. The number of aliphatic imine (C=N–C) groups is 1. The molecule has 9 heteroatoms. The van der Waals surface area contributed by atoms with Crippen molar-refractivity contribution < 1.29 is 12.8 Å². The quantitative estimate of drug-likeness (QED) is 0.492. The van der Waals surface area contributed by atoms with E-state index >= 15 is 0 Å². The molecule has 2 N–H and O–H groups in total. The van der Waals surface area contributed by atoms with Crippen molar-refractivity contribution in [1.29, 1.82) is 0 Å². The Hall–Kier alpha value is -2.42. The monoisotopic (exact) mass is 435 g/mol. The minimum absolute atomic E-state index is 0.138. The highest BCUT2D eigenvalue weighted by Gasteiger charge is 2.17. The van der Waals surface area contributed by atoms with Crippen molar-refractivity contribution in [2.45, 2.75) is 57.5 Å². The van der Waals surface area contributed by atoms with Crippen molar-refractivity contribution in [3.63, 3.8) is 0 Å². The molecule has 1 fully saturated rings. The van der Waals surface area contributed by atoms with Crippen LogP contribution in [-0.2, 0) is 28.7 Å². The van der Waals surface area contributed by atoms with Crippen molar-refractivity contribution in [3.8, 4) is 0 Å². The van der Waals surface area contributed by atoms with Gasteiger partial charge in [0, 0.05) is 19.0 Å². The average Bonchev–Trinajstić information content (AvgIpc) is 3.36. The van der Waals surface area contributed by atoms with Crippen LogP contribution in [0, 0.1) is 5.82 Å². The second-order valence-corrected chi connectivity index (χ2v) is 9.90. The molecular weight excluding hydrogens is 405 g/mol. The Morgan fingerprint density at radius 3 is 2.70 bits per heavy atom. The number of halogens is 1. The van der Waals surface area contributed by atoms with Crippen LogP contribution in [0.1, 0.15) is 55.5 Å². The first-order chi connectivity index (χ1) is 14.3. The molecule has 1 heterocycles. The predicted octanol–water partition coefficient (Wildman–Crippen LogP) is 2.94. The van der Waals surface area contributed by atoms with E-state index in [0.29, 0.717) is 36.2 Å². The van der Waals surface area contributed by atoms with E-state index in [4.69, 9.17) is 0 Å². The van der Waals surface area contributed by atoms with Gasteiger partial charge >= 0.3 is 0 Å². The van der Waals surface area contributed by atoms with Crippen molar-refractivity contribution in [2.24, 2.45) is 4.99 Å². The predicted molar refractivity (Wildman–Crippen MR) is 116 cm³/mol. The van der Waals surface area contributed by atoms with Gasteiger partial charge in [0.15, 0.2) is 15.8 Å². The van der Waals surface area contributed by atoms with Crippen LogP contribution in [0.5, 0.6) is 0 Å². The Labute approximate surface area is 177 Å². The Kier molecular flexibility index (Phi) is 7.47. The molecule has 3 rings (SSSR count). The van der Waals surface area contributed by atoms with Crippen LogP contribution in [0.4, 0.5) is 4.39 Å². The molecule has 1 aromatic carbocycles. The smallest absolute Gasteiger partial charge is 0.191 e. The van der Waals surface area contributed by atoms with Gasteiger partial charge in [0.05, 0.1) is 30.6 Å². The molecule has 7 nitrogen and oxygen atoms in total. The fourth-order valence-electron chi connectivity index (χ4n) is 3.69. The largest absolute Gasteiger partial charge is 0.357 e. The normalized spacial score (nSPS) is 15.5. The van der Waals surface area contributed by atoms with E-state index in [2.05, 4.69) is 25.4 Å². The van der Waals surface area contributed by atoms with Gasteiger partial charge in [-0.3, -0.25) is 4.68 Å². The molecule has 30 heavy (non-hydrogen) atoms. The highest BCUT2D eigenvalue weighted by atomic mass is 32.2. The lowest BCUT2D eigenvalue weighted by atomic mass is 10.1. The van der Waals surface area contributed by atoms with E-state index in [1.54, 1.807) is 0 Å². The number of rotatable bonds is 8. The van der Waals surface area contributed by atoms with Gasteiger partial charge in [-0.05, 0) is 49.1 Å². The van der Waals surface area contributed by atoms with E-state index in [0.717, 1.165) is 5.69 Å². The zero-order valence-corrected chi connectivity index (χ0v) is 18.4. The first kappa shape index (κ1) is 22.3. The molecule has 2 aromatic rings. The van der Waals surface area contributed by atoms with Gasteiger partial charge in [-0.1, -0.05) is 18.9 Å². The molecule has 1 aliphatic carbocycles. The van der Waals surface area contributed by atoms with Crippen LogP contribution < -0.4 is 10.6 Å². The van der Waals surface area contributed by atoms with E-state index in [1.165, 1.54) is 50.1 Å². The SMILES string of the molecule is CCNC(=NCc1cc(F)ccc1CS(C)(=O)=O)NCc1ccn(C2CCCC2)n1. The highest BCUT2D eigenvalue weighted by molar-refractivity contribution is 7.89. The summed E-state index contributed by atoms with van der Waals surface area (Å²) in [6.45, 7) is 3.32. The molecule has 1 aromatic heterocycles. The maximum Gasteiger partial charge on any atom is 0.191 e. The summed E-state index contributed by atoms with van der Waals surface area (Å²) in [5.74, 6) is 0.0242. The second-order valence-electron chi connectivity index (χ2n) is 7.76. The van der Waals surface area contributed by atoms with Crippen molar-refractivity contribution in [3.05, 3.63) is 53.1 Å². The first-order valence-electron chi connectivity index (χ1n) is 10.4. The van der Waals surface area contributed by atoms with E-state index in [-0.39, 0.29) is 12.3 Å². The Balaban J connectivity index is 1.67. The number of sulfone groups is 1. The molecule has 0 radical (unpaired) electrons. The van der Waals surface area contributed by atoms with Crippen LogP contribution in [0.25, 0.3) is 0 Å². The van der Waals surface area contributed by atoms with Crippen molar-refractivity contribution in [1.82, 2.24) is 20.4 Å². The molecule has 1 aliphatic rings. The van der Waals surface area contributed by atoms with Crippen LogP contribution in [0.3, 0.4) is 0 Å². The minimum atomic E-state index is -3.23. The van der Waals surface area contributed by atoms with Crippen LogP contribution in [0.15, 0.2) is 35.5 Å². The fourth-order valence-corrected chi connectivity index (χ4v) is 4.54. The van der Waals surface area contributed by atoms with E-state index in [1.807, 2.05) is 19.2 Å².